The second-order valence-electron chi connectivity index (χ2n) is 3.68. The van der Waals surface area contributed by atoms with E-state index in [0.29, 0.717) is 17.2 Å². The van der Waals surface area contributed by atoms with Crippen LogP contribution < -0.4 is 9.47 Å². The molecule has 2 aromatic rings. The smallest absolute Gasteiger partial charge is 0.356 e. The molecule has 0 amide bonds. The average Bonchev–Trinajstić information content (AvgIpc) is 2.86. The predicted molar refractivity (Wildman–Crippen MR) is 60.6 cm³/mol. The zero-order chi connectivity index (χ0) is 12.5. The Morgan fingerprint density at radius 3 is 2.67 bits per heavy atom. The van der Waals surface area contributed by atoms with Crippen LogP contribution in [0.4, 0.5) is 0 Å². The molecule has 0 atom stereocenters. The number of aromatic carboxylic acids is 1. The molecule has 1 N–H and O–H groups in total. The third kappa shape index (κ3) is 1.73. The molecule has 1 aromatic carbocycles. The van der Waals surface area contributed by atoms with Gasteiger partial charge in [-0.1, -0.05) is 0 Å². The summed E-state index contributed by atoms with van der Waals surface area (Å²) >= 11 is 0. The molecule has 6 heteroatoms. The van der Waals surface area contributed by atoms with Crippen molar-refractivity contribution in [2.75, 3.05) is 6.79 Å². The molecule has 0 saturated carbocycles. The van der Waals surface area contributed by atoms with Gasteiger partial charge in [0.05, 0.1) is 5.69 Å². The summed E-state index contributed by atoms with van der Waals surface area (Å²) in [6.45, 7) is 0.211. The Hall–Kier alpha value is -2.63. The Labute approximate surface area is 102 Å². The van der Waals surface area contributed by atoms with Crippen molar-refractivity contribution in [2.24, 2.45) is 0 Å². The molecule has 90 valence electrons. The summed E-state index contributed by atoms with van der Waals surface area (Å²) in [5, 5.41) is 16.2. The fraction of sp³-hybridized carbons (Fsp3) is 0.0833. The summed E-state index contributed by atoms with van der Waals surface area (Å²) in [4.78, 5) is 10.7. The zero-order valence-electron chi connectivity index (χ0n) is 9.16. The van der Waals surface area contributed by atoms with E-state index < -0.39 is 5.97 Å². The molecule has 6 nitrogen and oxygen atoms in total. The van der Waals surface area contributed by atoms with Crippen molar-refractivity contribution >= 4 is 5.97 Å². The maximum absolute atomic E-state index is 10.7. The van der Waals surface area contributed by atoms with Crippen LogP contribution in [0.1, 0.15) is 10.5 Å². The van der Waals surface area contributed by atoms with Crippen LogP contribution in [0.5, 0.6) is 11.5 Å². The standard InChI is InChI=1S/C12H8N2O4/c15-12(16)9-3-2-8(13-14-9)7-1-4-10-11(5-7)18-6-17-10/h1-5H,6H2,(H,15,16). The molecule has 0 fully saturated rings. The van der Waals surface area contributed by atoms with Gasteiger partial charge in [-0.2, -0.15) is 0 Å². The lowest BCUT2D eigenvalue weighted by Gasteiger charge is -2.02. The van der Waals surface area contributed by atoms with E-state index in [1.165, 1.54) is 6.07 Å². The third-order valence-corrected chi connectivity index (χ3v) is 2.55. The van der Waals surface area contributed by atoms with Crippen LogP contribution >= 0.6 is 0 Å². The summed E-state index contributed by atoms with van der Waals surface area (Å²) in [5.74, 6) is 0.241. The molecule has 1 aliphatic rings. The fourth-order valence-electron chi connectivity index (χ4n) is 1.66. The second-order valence-corrected chi connectivity index (χ2v) is 3.68. The number of ether oxygens (including phenoxy) is 2. The first kappa shape index (κ1) is 10.5. The number of benzene rings is 1. The van der Waals surface area contributed by atoms with Gasteiger partial charge in [-0.25, -0.2) is 4.79 Å². The average molecular weight is 244 g/mol. The first-order valence-corrected chi connectivity index (χ1v) is 5.21. The van der Waals surface area contributed by atoms with Gasteiger partial charge in [-0.15, -0.1) is 10.2 Å². The van der Waals surface area contributed by atoms with Crippen LogP contribution in [0.15, 0.2) is 30.3 Å². The highest BCUT2D eigenvalue weighted by atomic mass is 16.7. The highest BCUT2D eigenvalue weighted by Gasteiger charge is 2.14. The lowest BCUT2D eigenvalue weighted by Crippen LogP contribution is -2.01. The molecule has 0 spiro atoms. The van der Waals surface area contributed by atoms with Crippen molar-refractivity contribution < 1.29 is 19.4 Å². The number of carboxylic acid groups (broad SMARTS) is 1. The van der Waals surface area contributed by atoms with Crippen LogP contribution in [-0.4, -0.2) is 28.1 Å². The summed E-state index contributed by atoms with van der Waals surface area (Å²) in [5.41, 5.74) is 1.29. The number of hydrogen-bond donors (Lipinski definition) is 1. The fourth-order valence-corrected chi connectivity index (χ4v) is 1.66. The van der Waals surface area contributed by atoms with Crippen molar-refractivity contribution in [3.8, 4) is 22.8 Å². The van der Waals surface area contributed by atoms with E-state index in [0.717, 1.165) is 5.56 Å². The molecule has 0 bridgehead atoms. The largest absolute Gasteiger partial charge is 0.476 e. The van der Waals surface area contributed by atoms with Gasteiger partial charge in [0.15, 0.2) is 17.2 Å². The SMILES string of the molecule is O=C(O)c1ccc(-c2ccc3c(c2)OCO3)nn1. The first-order valence-electron chi connectivity index (χ1n) is 5.21. The van der Waals surface area contributed by atoms with E-state index in [-0.39, 0.29) is 12.5 Å². The maximum atomic E-state index is 10.7. The third-order valence-electron chi connectivity index (χ3n) is 2.55. The van der Waals surface area contributed by atoms with E-state index in [9.17, 15) is 4.79 Å². The number of carboxylic acids is 1. The van der Waals surface area contributed by atoms with E-state index >= 15 is 0 Å². The normalized spacial score (nSPS) is 12.4. The number of fused-ring (bicyclic) bond motifs is 1. The Bertz CT molecular complexity index is 610. The lowest BCUT2D eigenvalue weighted by molar-refractivity contribution is 0.0689. The van der Waals surface area contributed by atoms with Gasteiger partial charge in [0.1, 0.15) is 0 Å². The van der Waals surface area contributed by atoms with Crippen LogP contribution in [0.3, 0.4) is 0 Å². The Balaban J connectivity index is 1.97. The molecule has 0 aliphatic carbocycles. The van der Waals surface area contributed by atoms with Crippen molar-refractivity contribution in [3.05, 3.63) is 36.0 Å². The maximum Gasteiger partial charge on any atom is 0.356 e. The first-order chi connectivity index (χ1) is 8.74. The molecular formula is C12H8N2O4. The highest BCUT2D eigenvalue weighted by molar-refractivity contribution is 5.85. The van der Waals surface area contributed by atoms with E-state index in [4.69, 9.17) is 14.6 Å². The quantitative estimate of drug-likeness (QED) is 0.863. The molecule has 18 heavy (non-hydrogen) atoms. The van der Waals surface area contributed by atoms with Gasteiger partial charge in [0.25, 0.3) is 0 Å². The minimum atomic E-state index is -1.10. The zero-order valence-corrected chi connectivity index (χ0v) is 9.16. The molecular weight excluding hydrogens is 236 g/mol. The highest BCUT2D eigenvalue weighted by Crippen LogP contribution is 2.35. The van der Waals surface area contributed by atoms with Crippen LogP contribution in [-0.2, 0) is 0 Å². The molecule has 0 unspecified atom stereocenters. The topological polar surface area (TPSA) is 81.5 Å². The van der Waals surface area contributed by atoms with Crippen molar-refractivity contribution in [2.45, 2.75) is 0 Å². The predicted octanol–water partition coefficient (Wildman–Crippen LogP) is 1.57. The number of aromatic nitrogens is 2. The van der Waals surface area contributed by atoms with Crippen LogP contribution in [0.25, 0.3) is 11.3 Å². The number of rotatable bonds is 2. The van der Waals surface area contributed by atoms with Crippen molar-refractivity contribution in [1.82, 2.24) is 10.2 Å². The van der Waals surface area contributed by atoms with Gasteiger partial charge in [-0.3, -0.25) is 0 Å². The Kier molecular flexibility index (Phi) is 2.33. The van der Waals surface area contributed by atoms with Gasteiger partial charge in [-0.05, 0) is 30.3 Å². The summed E-state index contributed by atoms with van der Waals surface area (Å²) in [6, 6.07) is 8.40. The minimum Gasteiger partial charge on any atom is -0.476 e. The number of carbonyl (C=O) groups is 1. The van der Waals surface area contributed by atoms with Gasteiger partial charge in [0, 0.05) is 5.56 Å². The molecule has 1 aromatic heterocycles. The molecule has 2 heterocycles. The summed E-state index contributed by atoms with van der Waals surface area (Å²) < 4.78 is 10.5. The molecule has 3 rings (SSSR count). The van der Waals surface area contributed by atoms with Crippen LogP contribution in [0, 0.1) is 0 Å². The van der Waals surface area contributed by atoms with E-state index in [1.807, 2.05) is 6.07 Å². The minimum absolute atomic E-state index is 0.0838. The Morgan fingerprint density at radius 1 is 1.11 bits per heavy atom. The lowest BCUT2D eigenvalue weighted by atomic mass is 10.1. The summed E-state index contributed by atoms with van der Waals surface area (Å²) in [7, 11) is 0. The Morgan fingerprint density at radius 2 is 1.94 bits per heavy atom. The van der Waals surface area contributed by atoms with Gasteiger partial charge in [0.2, 0.25) is 6.79 Å². The van der Waals surface area contributed by atoms with Crippen molar-refractivity contribution in [1.29, 1.82) is 0 Å². The van der Waals surface area contributed by atoms with E-state index in [1.54, 1.807) is 18.2 Å². The van der Waals surface area contributed by atoms with Crippen LogP contribution in [0.2, 0.25) is 0 Å². The molecule has 1 aliphatic heterocycles. The number of nitrogens with zero attached hydrogens (tertiary/aromatic N) is 2. The van der Waals surface area contributed by atoms with Gasteiger partial charge < -0.3 is 14.6 Å². The monoisotopic (exact) mass is 244 g/mol. The summed E-state index contributed by atoms with van der Waals surface area (Å²) in [6.07, 6.45) is 0. The molecule has 0 saturated heterocycles. The van der Waals surface area contributed by atoms with E-state index in [2.05, 4.69) is 10.2 Å². The van der Waals surface area contributed by atoms with Crippen molar-refractivity contribution in [3.63, 3.8) is 0 Å². The second kappa shape index (κ2) is 3.99. The molecule has 0 radical (unpaired) electrons. The number of hydrogen-bond acceptors (Lipinski definition) is 5. The van der Waals surface area contributed by atoms with Gasteiger partial charge >= 0.3 is 5.97 Å².